The van der Waals surface area contributed by atoms with Gasteiger partial charge in [0.05, 0.1) is 6.42 Å². The molecule has 0 spiro atoms. The Morgan fingerprint density at radius 3 is 2.40 bits per heavy atom. The second-order valence-electron chi connectivity index (χ2n) is 5.51. The van der Waals surface area contributed by atoms with E-state index in [1.807, 2.05) is 19.2 Å². The number of hydrogen-bond acceptors (Lipinski definition) is 2. The van der Waals surface area contributed by atoms with Crippen molar-refractivity contribution in [2.45, 2.75) is 26.7 Å². The van der Waals surface area contributed by atoms with Crippen LogP contribution in [0.1, 0.15) is 25.0 Å². The number of carbonyl (C=O) groups excluding carboxylic acids is 1. The predicted octanol–water partition coefficient (Wildman–Crippen LogP) is 2.80. The third kappa shape index (κ3) is 4.23. The number of amides is 1. The molecule has 0 radical (unpaired) electrons. The minimum atomic E-state index is -0.0414. The van der Waals surface area contributed by atoms with Gasteiger partial charge in [-0.15, -0.1) is 0 Å². The Balaban J connectivity index is 1.91. The molecule has 0 aliphatic heterocycles. The molecule has 2 rings (SSSR count). The van der Waals surface area contributed by atoms with Gasteiger partial charge in [0, 0.05) is 19.3 Å². The second-order valence-corrected chi connectivity index (χ2v) is 5.51. The maximum absolute atomic E-state index is 11.9. The molecule has 0 saturated heterocycles. The lowest BCUT2D eigenvalue weighted by Crippen LogP contribution is -2.15. The van der Waals surface area contributed by atoms with Gasteiger partial charge in [-0.3, -0.25) is 9.48 Å². The Morgan fingerprint density at radius 2 is 1.85 bits per heavy atom. The molecule has 0 bridgehead atoms. The van der Waals surface area contributed by atoms with E-state index in [0.29, 0.717) is 18.2 Å². The number of nitrogens with one attached hydrogen (secondary N) is 1. The van der Waals surface area contributed by atoms with Gasteiger partial charge in [0.25, 0.3) is 0 Å². The summed E-state index contributed by atoms with van der Waals surface area (Å²) in [7, 11) is 1.82. The summed E-state index contributed by atoms with van der Waals surface area (Å²) in [5.74, 6) is 1.20. The maximum atomic E-state index is 11.9. The van der Waals surface area contributed by atoms with E-state index in [4.69, 9.17) is 0 Å². The Labute approximate surface area is 119 Å². The summed E-state index contributed by atoms with van der Waals surface area (Å²) in [5.41, 5.74) is 2.33. The minimum absolute atomic E-state index is 0.0414. The van der Waals surface area contributed by atoms with Crippen LogP contribution in [0.2, 0.25) is 0 Å². The van der Waals surface area contributed by atoms with Crippen molar-refractivity contribution in [3.8, 4) is 0 Å². The molecular formula is C16H21N3O. The van der Waals surface area contributed by atoms with Crippen molar-refractivity contribution in [3.05, 3.63) is 47.7 Å². The van der Waals surface area contributed by atoms with Gasteiger partial charge in [-0.05, 0) is 23.5 Å². The first-order chi connectivity index (χ1) is 9.52. The summed E-state index contributed by atoms with van der Waals surface area (Å²) in [5, 5.41) is 6.91. The van der Waals surface area contributed by atoms with E-state index in [1.54, 1.807) is 16.9 Å². The van der Waals surface area contributed by atoms with E-state index < -0.39 is 0 Å². The molecule has 1 heterocycles. The molecule has 20 heavy (non-hydrogen) atoms. The summed E-state index contributed by atoms with van der Waals surface area (Å²) in [6.45, 7) is 4.41. The number of aromatic nitrogens is 2. The van der Waals surface area contributed by atoms with Gasteiger partial charge in [0.2, 0.25) is 5.91 Å². The molecule has 4 nitrogen and oxygen atoms in total. The Bertz CT molecular complexity index is 570. The molecule has 1 amide bonds. The highest BCUT2D eigenvalue weighted by atomic mass is 16.1. The van der Waals surface area contributed by atoms with Crippen LogP contribution in [0.15, 0.2) is 36.5 Å². The van der Waals surface area contributed by atoms with Crippen LogP contribution in [0, 0.1) is 5.92 Å². The van der Waals surface area contributed by atoms with E-state index >= 15 is 0 Å². The van der Waals surface area contributed by atoms with Gasteiger partial charge >= 0.3 is 0 Å². The van der Waals surface area contributed by atoms with E-state index in [9.17, 15) is 4.79 Å². The molecule has 0 aliphatic carbocycles. The zero-order valence-electron chi connectivity index (χ0n) is 12.3. The van der Waals surface area contributed by atoms with Gasteiger partial charge in [-0.25, -0.2) is 0 Å². The fourth-order valence-electron chi connectivity index (χ4n) is 2.12. The Hall–Kier alpha value is -2.10. The molecule has 0 unspecified atom stereocenters. The molecule has 0 saturated carbocycles. The maximum Gasteiger partial charge on any atom is 0.229 e. The molecule has 1 N–H and O–H groups in total. The highest BCUT2D eigenvalue weighted by Gasteiger charge is 2.06. The fourth-order valence-corrected chi connectivity index (χ4v) is 2.12. The summed E-state index contributed by atoms with van der Waals surface area (Å²) in [6.07, 6.45) is 3.25. The van der Waals surface area contributed by atoms with Crippen LogP contribution in [-0.2, 0) is 24.7 Å². The van der Waals surface area contributed by atoms with Gasteiger partial charge in [-0.1, -0.05) is 38.1 Å². The van der Waals surface area contributed by atoms with Crippen LogP contribution < -0.4 is 5.32 Å². The summed E-state index contributed by atoms with van der Waals surface area (Å²) in [4.78, 5) is 11.9. The minimum Gasteiger partial charge on any atom is -0.309 e. The van der Waals surface area contributed by atoms with E-state index in [-0.39, 0.29) is 5.91 Å². The van der Waals surface area contributed by atoms with Crippen molar-refractivity contribution in [1.82, 2.24) is 9.78 Å². The number of benzene rings is 1. The highest BCUT2D eigenvalue weighted by Crippen LogP contribution is 2.11. The molecule has 106 valence electrons. The summed E-state index contributed by atoms with van der Waals surface area (Å²) < 4.78 is 1.66. The van der Waals surface area contributed by atoms with Gasteiger partial charge in [0.1, 0.15) is 0 Å². The van der Waals surface area contributed by atoms with Crippen molar-refractivity contribution >= 4 is 11.7 Å². The quantitative estimate of drug-likeness (QED) is 0.909. The smallest absolute Gasteiger partial charge is 0.229 e. The van der Waals surface area contributed by atoms with Crippen molar-refractivity contribution in [2.24, 2.45) is 13.0 Å². The standard InChI is InChI=1S/C16H21N3O/c1-12(2)10-13-4-6-14(7-5-13)11-16(20)17-15-8-9-19(3)18-15/h4-9,12H,10-11H2,1-3H3,(H,17,18,20). The molecule has 1 aromatic heterocycles. The average Bonchev–Trinajstić information content (AvgIpc) is 2.76. The molecule has 1 aromatic carbocycles. The fraction of sp³-hybridized carbons (Fsp3) is 0.375. The third-order valence-corrected chi connectivity index (χ3v) is 3.01. The molecule has 2 aromatic rings. The topological polar surface area (TPSA) is 46.9 Å². The van der Waals surface area contributed by atoms with Crippen molar-refractivity contribution in [3.63, 3.8) is 0 Å². The first kappa shape index (κ1) is 14.3. The van der Waals surface area contributed by atoms with Crippen LogP contribution in [-0.4, -0.2) is 15.7 Å². The number of aryl methyl sites for hydroxylation is 1. The normalized spacial score (nSPS) is 10.8. The molecule has 0 fully saturated rings. The Morgan fingerprint density at radius 1 is 1.20 bits per heavy atom. The largest absolute Gasteiger partial charge is 0.309 e. The van der Waals surface area contributed by atoms with Gasteiger partial charge in [0.15, 0.2) is 5.82 Å². The van der Waals surface area contributed by atoms with Crippen molar-refractivity contribution < 1.29 is 4.79 Å². The van der Waals surface area contributed by atoms with Crippen molar-refractivity contribution in [2.75, 3.05) is 5.32 Å². The summed E-state index contributed by atoms with van der Waals surface area (Å²) in [6, 6.07) is 10.0. The van der Waals surface area contributed by atoms with E-state index in [2.05, 4.69) is 36.4 Å². The second kappa shape index (κ2) is 6.37. The first-order valence-electron chi connectivity index (χ1n) is 6.90. The number of carbonyl (C=O) groups is 1. The number of hydrogen-bond donors (Lipinski definition) is 1. The third-order valence-electron chi connectivity index (χ3n) is 3.01. The first-order valence-corrected chi connectivity index (χ1v) is 6.90. The van der Waals surface area contributed by atoms with Crippen molar-refractivity contribution in [1.29, 1.82) is 0 Å². The zero-order chi connectivity index (χ0) is 14.5. The highest BCUT2D eigenvalue weighted by molar-refractivity contribution is 5.91. The van der Waals surface area contributed by atoms with Gasteiger partial charge in [-0.2, -0.15) is 5.10 Å². The number of rotatable bonds is 5. The molecular weight excluding hydrogens is 250 g/mol. The van der Waals surface area contributed by atoms with Crippen LogP contribution in [0.3, 0.4) is 0 Å². The van der Waals surface area contributed by atoms with Gasteiger partial charge < -0.3 is 5.32 Å². The Kier molecular flexibility index (Phi) is 4.56. The predicted molar refractivity (Wildman–Crippen MR) is 80.5 cm³/mol. The van der Waals surface area contributed by atoms with Crippen LogP contribution in [0.25, 0.3) is 0 Å². The molecule has 0 atom stereocenters. The lowest BCUT2D eigenvalue weighted by atomic mass is 10.0. The average molecular weight is 271 g/mol. The van der Waals surface area contributed by atoms with E-state index in [1.165, 1.54) is 5.56 Å². The lowest BCUT2D eigenvalue weighted by molar-refractivity contribution is -0.115. The lowest BCUT2D eigenvalue weighted by Gasteiger charge is -2.06. The van der Waals surface area contributed by atoms with Crippen LogP contribution in [0.4, 0.5) is 5.82 Å². The molecule has 0 aliphatic rings. The van der Waals surface area contributed by atoms with Crippen LogP contribution >= 0.6 is 0 Å². The van der Waals surface area contributed by atoms with Crippen LogP contribution in [0.5, 0.6) is 0 Å². The molecule has 4 heteroatoms. The zero-order valence-corrected chi connectivity index (χ0v) is 12.3. The monoisotopic (exact) mass is 271 g/mol. The summed E-state index contributed by atoms with van der Waals surface area (Å²) >= 11 is 0. The number of anilines is 1. The van der Waals surface area contributed by atoms with E-state index in [0.717, 1.165) is 12.0 Å². The SMILES string of the molecule is CC(C)Cc1ccc(CC(=O)Nc2ccn(C)n2)cc1. The number of nitrogens with zero attached hydrogens (tertiary/aromatic N) is 2.